The molecular formula is C12H9FINO. The maximum atomic E-state index is 12.9. The minimum absolute atomic E-state index is 0.332. The van der Waals surface area contributed by atoms with E-state index < -0.39 is 0 Å². The number of benzene rings is 2. The van der Waals surface area contributed by atoms with Gasteiger partial charge in [0.2, 0.25) is 0 Å². The van der Waals surface area contributed by atoms with Gasteiger partial charge >= 0.3 is 0 Å². The van der Waals surface area contributed by atoms with Crippen molar-refractivity contribution in [2.24, 2.45) is 0 Å². The Hall–Kier alpha value is -1.30. The lowest BCUT2D eigenvalue weighted by atomic mass is 10.3. The maximum absolute atomic E-state index is 12.9. The molecule has 0 aliphatic carbocycles. The van der Waals surface area contributed by atoms with Crippen molar-refractivity contribution in [2.45, 2.75) is 0 Å². The van der Waals surface area contributed by atoms with Gasteiger partial charge in [-0.1, -0.05) is 6.07 Å². The molecule has 2 nitrogen and oxygen atoms in total. The molecule has 2 N–H and O–H groups in total. The molecule has 0 fully saturated rings. The molecule has 0 unspecified atom stereocenters. The predicted octanol–water partition coefficient (Wildman–Crippen LogP) is 3.80. The lowest BCUT2D eigenvalue weighted by Gasteiger charge is -2.08. The van der Waals surface area contributed by atoms with Gasteiger partial charge in [-0.25, -0.2) is 4.39 Å². The van der Waals surface area contributed by atoms with Crippen LogP contribution >= 0.6 is 22.6 Å². The van der Waals surface area contributed by atoms with Gasteiger partial charge < -0.3 is 10.5 Å². The van der Waals surface area contributed by atoms with Crippen molar-refractivity contribution in [2.75, 3.05) is 5.73 Å². The van der Waals surface area contributed by atoms with E-state index in [0.717, 1.165) is 3.57 Å². The number of halogens is 2. The van der Waals surface area contributed by atoms with Gasteiger partial charge in [0.25, 0.3) is 0 Å². The van der Waals surface area contributed by atoms with Crippen LogP contribution in [0.15, 0.2) is 42.5 Å². The van der Waals surface area contributed by atoms with Gasteiger partial charge in [0.05, 0.1) is 5.69 Å². The first-order valence-electron chi connectivity index (χ1n) is 4.63. The number of hydrogen-bond donors (Lipinski definition) is 1. The van der Waals surface area contributed by atoms with Crippen molar-refractivity contribution in [3.05, 3.63) is 51.9 Å². The van der Waals surface area contributed by atoms with E-state index in [9.17, 15) is 4.39 Å². The number of nitrogen functional groups attached to an aromatic ring is 1. The normalized spacial score (nSPS) is 10.1. The highest BCUT2D eigenvalue weighted by Crippen LogP contribution is 2.28. The van der Waals surface area contributed by atoms with Gasteiger partial charge in [-0.2, -0.15) is 0 Å². The molecule has 0 amide bonds. The molecule has 0 aliphatic rings. The Morgan fingerprint density at radius 2 is 1.94 bits per heavy atom. The predicted molar refractivity (Wildman–Crippen MR) is 70.0 cm³/mol. The third kappa shape index (κ3) is 2.63. The van der Waals surface area contributed by atoms with Crippen LogP contribution in [0.4, 0.5) is 10.1 Å². The van der Waals surface area contributed by atoms with Crippen LogP contribution in [0.2, 0.25) is 0 Å². The summed E-state index contributed by atoms with van der Waals surface area (Å²) in [6.45, 7) is 0. The summed E-state index contributed by atoms with van der Waals surface area (Å²) in [6, 6.07) is 11.4. The molecule has 0 aliphatic heterocycles. The first kappa shape index (κ1) is 11.2. The van der Waals surface area contributed by atoms with Crippen molar-refractivity contribution in [3.8, 4) is 11.5 Å². The molecule has 0 radical (unpaired) electrons. The van der Waals surface area contributed by atoms with Gasteiger partial charge in [0, 0.05) is 9.64 Å². The van der Waals surface area contributed by atoms with Crippen LogP contribution in [-0.2, 0) is 0 Å². The zero-order valence-electron chi connectivity index (χ0n) is 8.28. The molecule has 0 atom stereocenters. The summed E-state index contributed by atoms with van der Waals surface area (Å²) < 4.78 is 19.4. The Morgan fingerprint density at radius 3 is 2.62 bits per heavy atom. The highest BCUT2D eigenvalue weighted by Gasteiger charge is 2.03. The second-order valence-electron chi connectivity index (χ2n) is 3.24. The molecular weight excluding hydrogens is 320 g/mol. The molecule has 0 aromatic heterocycles. The van der Waals surface area contributed by atoms with Crippen LogP contribution in [0.25, 0.3) is 0 Å². The van der Waals surface area contributed by atoms with Gasteiger partial charge in [-0.3, -0.25) is 0 Å². The van der Waals surface area contributed by atoms with Crippen molar-refractivity contribution >= 4 is 28.3 Å². The van der Waals surface area contributed by atoms with Gasteiger partial charge in [-0.15, -0.1) is 0 Å². The Morgan fingerprint density at radius 1 is 1.12 bits per heavy atom. The fraction of sp³-hybridized carbons (Fsp3) is 0. The van der Waals surface area contributed by atoms with Crippen molar-refractivity contribution in [1.82, 2.24) is 0 Å². The van der Waals surface area contributed by atoms with E-state index in [-0.39, 0.29) is 5.82 Å². The van der Waals surface area contributed by atoms with E-state index in [4.69, 9.17) is 10.5 Å². The quantitative estimate of drug-likeness (QED) is 0.672. The number of nitrogens with two attached hydrogens (primary N) is 1. The number of rotatable bonds is 2. The molecule has 0 saturated heterocycles. The third-order valence-electron chi connectivity index (χ3n) is 2.00. The van der Waals surface area contributed by atoms with E-state index in [0.29, 0.717) is 17.2 Å². The molecule has 2 aromatic carbocycles. The zero-order chi connectivity index (χ0) is 11.5. The zero-order valence-corrected chi connectivity index (χ0v) is 10.4. The minimum Gasteiger partial charge on any atom is -0.455 e. The summed E-state index contributed by atoms with van der Waals surface area (Å²) >= 11 is 2.16. The fourth-order valence-electron chi connectivity index (χ4n) is 1.27. The summed E-state index contributed by atoms with van der Waals surface area (Å²) in [5.41, 5.74) is 6.32. The first-order chi connectivity index (χ1) is 7.65. The number of ether oxygens (including phenoxy) is 1. The van der Waals surface area contributed by atoms with E-state index in [1.54, 1.807) is 24.3 Å². The molecule has 0 heterocycles. The van der Waals surface area contributed by atoms with Crippen molar-refractivity contribution in [1.29, 1.82) is 0 Å². The maximum Gasteiger partial charge on any atom is 0.150 e. The van der Waals surface area contributed by atoms with E-state index in [1.807, 2.05) is 6.07 Å². The van der Waals surface area contributed by atoms with Gasteiger partial charge in [0.1, 0.15) is 17.3 Å². The second kappa shape index (κ2) is 4.69. The Balaban J connectivity index is 2.27. The average Bonchev–Trinajstić information content (AvgIpc) is 2.22. The second-order valence-corrected chi connectivity index (χ2v) is 4.49. The smallest absolute Gasteiger partial charge is 0.150 e. The van der Waals surface area contributed by atoms with E-state index >= 15 is 0 Å². The molecule has 0 saturated carbocycles. The van der Waals surface area contributed by atoms with Gasteiger partial charge in [-0.05, 0) is 52.9 Å². The highest BCUT2D eigenvalue weighted by atomic mass is 127. The van der Waals surface area contributed by atoms with Crippen molar-refractivity contribution in [3.63, 3.8) is 0 Å². The molecule has 2 aromatic rings. The largest absolute Gasteiger partial charge is 0.455 e. The Labute approximate surface area is 106 Å². The number of hydrogen-bond acceptors (Lipinski definition) is 2. The van der Waals surface area contributed by atoms with Crippen LogP contribution in [0.3, 0.4) is 0 Å². The Bertz CT molecular complexity index is 516. The van der Waals surface area contributed by atoms with E-state index in [1.165, 1.54) is 12.1 Å². The number of anilines is 1. The van der Waals surface area contributed by atoms with Crippen LogP contribution < -0.4 is 10.5 Å². The van der Waals surface area contributed by atoms with Crippen LogP contribution in [0.1, 0.15) is 0 Å². The van der Waals surface area contributed by atoms with Gasteiger partial charge in [0.15, 0.2) is 0 Å². The topological polar surface area (TPSA) is 35.2 Å². The molecule has 16 heavy (non-hydrogen) atoms. The van der Waals surface area contributed by atoms with Crippen LogP contribution in [-0.4, -0.2) is 0 Å². The third-order valence-corrected chi connectivity index (χ3v) is 2.67. The summed E-state index contributed by atoms with van der Waals surface area (Å²) in [5.74, 6) is 0.639. The summed E-state index contributed by atoms with van der Waals surface area (Å²) in [4.78, 5) is 0. The molecule has 0 bridgehead atoms. The van der Waals surface area contributed by atoms with Crippen LogP contribution in [0.5, 0.6) is 11.5 Å². The standard InChI is InChI=1S/C12H9FINO/c13-8-2-1-3-10(6-8)16-12-5-4-9(14)7-11(12)15/h1-7H,15H2. The summed E-state index contributed by atoms with van der Waals surface area (Å²) in [7, 11) is 0. The SMILES string of the molecule is Nc1cc(I)ccc1Oc1cccc(F)c1. The monoisotopic (exact) mass is 329 g/mol. The fourth-order valence-corrected chi connectivity index (χ4v) is 1.79. The summed E-state index contributed by atoms with van der Waals surface area (Å²) in [5, 5.41) is 0. The lowest BCUT2D eigenvalue weighted by Crippen LogP contribution is -1.92. The lowest BCUT2D eigenvalue weighted by molar-refractivity contribution is 0.479. The first-order valence-corrected chi connectivity index (χ1v) is 5.71. The minimum atomic E-state index is -0.332. The van der Waals surface area contributed by atoms with Crippen LogP contribution in [0, 0.1) is 9.39 Å². The summed E-state index contributed by atoms with van der Waals surface area (Å²) in [6.07, 6.45) is 0. The molecule has 0 spiro atoms. The molecule has 82 valence electrons. The molecule has 4 heteroatoms. The average molecular weight is 329 g/mol. The van der Waals surface area contributed by atoms with E-state index in [2.05, 4.69) is 22.6 Å². The molecule has 2 rings (SSSR count). The van der Waals surface area contributed by atoms with Crippen molar-refractivity contribution < 1.29 is 9.13 Å². The highest BCUT2D eigenvalue weighted by molar-refractivity contribution is 14.1. The Kier molecular flexibility index (Phi) is 3.28.